The zero-order valence-electron chi connectivity index (χ0n) is 20.4. The van der Waals surface area contributed by atoms with Gasteiger partial charge >= 0.3 is 0 Å². The van der Waals surface area contributed by atoms with Crippen LogP contribution in [0, 0.1) is 5.82 Å². The molecule has 0 aliphatic carbocycles. The molecule has 4 heterocycles. The van der Waals surface area contributed by atoms with Crippen molar-refractivity contribution in [2.75, 3.05) is 31.1 Å². The first-order chi connectivity index (χ1) is 17.3. The minimum absolute atomic E-state index is 0.191. The molecule has 10 heteroatoms. The first kappa shape index (κ1) is 24.2. The van der Waals surface area contributed by atoms with E-state index in [-0.39, 0.29) is 5.82 Å². The van der Waals surface area contributed by atoms with Crippen molar-refractivity contribution in [2.24, 2.45) is 0 Å². The molecule has 3 aromatic heterocycles. The van der Waals surface area contributed by atoms with Crippen LogP contribution in [0.2, 0.25) is 0 Å². The second-order valence-electron chi connectivity index (χ2n) is 9.79. The lowest BCUT2D eigenvalue weighted by Gasteiger charge is -2.36. The Morgan fingerprint density at radius 1 is 1.03 bits per heavy atom. The number of rotatable bonds is 7. The molecule has 1 aliphatic heterocycles. The number of halogens is 2. The summed E-state index contributed by atoms with van der Waals surface area (Å²) in [5.41, 5.74) is 3.07. The van der Waals surface area contributed by atoms with Crippen molar-refractivity contribution in [2.45, 2.75) is 39.2 Å². The fraction of sp³-hybridized carbons (Fsp3) is 0.385. The highest BCUT2D eigenvalue weighted by molar-refractivity contribution is 5.83. The van der Waals surface area contributed by atoms with Gasteiger partial charge < -0.3 is 10.0 Å². The average Bonchev–Trinajstić information content (AvgIpc) is 3.33. The maximum Gasteiger partial charge on any atom is 0.181 e. The van der Waals surface area contributed by atoms with Gasteiger partial charge in [0.25, 0.3) is 0 Å². The van der Waals surface area contributed by atoms with Gasteiger partial charge in [-0.2, -0.15) is 5.10 Å². The van der Waals surface area contributed by atoms with E-state index in [1.165, 1.54) is 10.7 Å². The number of hydrogen-bond acceptors (Lipinski definition) is 7. The first-order valence-electron chi connectivity index (χ1n) is 12.0. The van der Waals surface area contributed by atoms with E-state index < -0.39 is 12.4 Å². The highest BCUT2D eigenvalue weighted by Gasteiger charge is 2.24. The number of benzene rings is 1. The van der Waals surface area contributed by atoms with E-state index in [1.54, 1.807) is 38.5 Å². The molecule has 36 heavy (non-hydrogen) atoms. The SMILES string of the molecule is CC(C)(O)Cc1cc2nc(-c3cnn(CF)c3)c(N3CCN(Cc4ccccc4F)CC3)nc2cn1. The Morgan fingerprint density at radius 2 is 1.81 bits per heavy atom. The second-order valence-corrected chi connectivity index (χ2v) is 9.79. The van der Waals surface area contributed by atoms with Crippen molar-refractivity contribution < 1.29 is 13.9 Å². The van der Waals surface area contributed by atoms with Gasteiger partial charge in [-0.3, -0.25) is 9.88 Å². The topological polar surface area (TPSA) is 83.2 Å². The molecular weight excluding hydrogens is 464 g/mol. The van der Waals surface area contributed by atoms with Gasteiger partial charge in [-0.25, -0.2) is 23.4 Å². The van der Waals surface area contributed by atoms with Crippen LogP contribution >= 0.6 is 0 Å². The molecular formula is C26H29F2N7O. The first-order valence-corrected chi connectivity index (χ1v) is 12.0. The molecule has 0 saturated carbocycles. The van der Waals surface area contributed by atoms with E-state index in [0.29, 0.717) is 65.4 Å². The molecule has 1 saturated heterocycles. The Balaban J connectivity index is 1.44. The molecule has 1 N–H and O–H groups in total. The van der Waals surface area contributed by atoms with Gasteiger partial charge in [0.1, 0.15) is 17.0 Å². The van der Waals surface area contributed by atoms with Crippen molar-refractivity contribution in [1.82, 2.24) is 29.6 Å². The lowest BCUT2D eigenvalue weighted by atomic mass is 10.0. The Kier molecular flexibility index (Phi) is 6.63. The van der Waals surface area contributed by atoms with Gasteiger partial charge in [-0.1, -0.05) is 18.2 Å². The number of alkyl halides is 1. The molecule has 0 spiro atoms. The number of fused-ring (bicyclic) bond motifs is 1. The summed E-state index contributed by atoms with van der Waals surface area (Å²) in [6.45, 7) is 6.12. The summed E-state index contributed by atoms with van der Waals surface area (Å²) in [5.74, 6) is 0.493. The monoisotopic (exact) mass is 493 g/mol. The van der Waals surface area contributed by atoms with Gasteiger partial charge in [0, 0.05) is 62.2 Å². The molecule has 8 nitrogen and oxygen atoms in total. The van der Waals surface area contributed by atoms with E-state index in [4.69, 9.17) is 9.97 Å². The molecule has 1 aromatic carbocycles. The summed E-state index contributed by atoms with van der Waals surface area (Å²) in [7, 11) is 0. The minimum Gasteiger partial charge on any atom is -0.390 e. The third kappa shape index (κ3) is 5.34. The lowest BCUT2D eigenvalue weighted by Crippen LogP contribution is -2.46. The van der Waals surface area contributed by atoms with Gasteiger partial charge in [-0.05, 0) is 26.0 Å². The summed E-state index contributed by atoms with van der Waals surface area (Å²) in [4.78, 5) is 18.6. The molecule has 5 rings (SSSR count). The van der Waals surface area contributed by atoms with Crippen molar-refractivity contribution in [3.8, 4) is 11.3 Å². The van der Waals surface area contributed by atoms with E-state index in [2.05, 4.69) is 19.9 Å². The van der Waals surface area contributed by atoms with E-state index in [0.717, 1.165) is 13.1 Å². The van der Waals surface area contributed by atoms with Crippen LogP contribution in [0.5, 0.6) is 0 Å². The maximum absolute atomic E-state index is 14.1. The van der Waals surface area contributed by atoms with Crippen molar-refractivity contribution in [3.05, 3.63) is 66.0 Å². The molecule has 1 fully saturated rings. The molecule has 0 atom stereocenters. The van der Waals surface area contributed by atoms with Crippen LogP contribution in [0.15, 0.2) is 48.9 Å². The number of pyridine rings is 1. The van der Waals surface area contributed by atoms with Crippen LogP contribution in [0.1, 0.15) is 25.1 Å². The summed E-state index contributed by atoms with van der Waals surface area (Å²) in [6, 6.07) is 8.69. The van der Waals surface area contributed by atoms with Gasteiger partial charge in [0.15, 0.2) is 12.6 Å². The van der Waals surface area contributed by atoms with Crippen LogP contribution in [-0.2, 0) is 19.8 Å². The molecule has 0 unspecified atom stereocenters. The zero-order valence-corrected chi connectivity index (χ0v) is 20.4. The summed E-state index contributed by atoms with van der Waals surface area (Å²) in [6.07, 6.45) is 5.26. The van der Waals surface area contributed by atoms with Gasteiger partial charge in [0.2, 0.25) is 0 Å². The number of anilines is 1. The molecule has 1 aliphatic rings. The average molecular weight is 494 g/mol. The second kappa shape index (κ2) is 9.87. The summed E-state index contributed by atoms with van der Waals surface area (Å²) >= 11 is 0. The standard InChI is InChI=1S/C26H29F2N7O/c1-26(2,36)12-20-11-22-23(14-29-20)32-25(24(31-22)19-13-30-35(16-19)17-27)34-9-7-33(8-10-34)15-18-5-3-4-6-21(18)28/h3-6,11,13-14,16,36H,7-10,12,15,17H2,1-2H3. The van der Waals surface area contributed by atoms with Crippen molar-refractivity contribution in [3.63, 3.8) is 0 Å². The quantitative estimate of drug-likeness (QED) is 0.421. The Hall–Kier alpha value is -3.50. The molecule has 4 aromatic rings. The molecule has 0 radical (unpaired) electrons. The zero-order chi connectivity index (χ0) is 25.3. The van der Waals surface area contributed by atoms with Gasteiger partial charge in [-0.15, -0.1) is 0 Å². The smallest absolute Gasteiger partial charge is 0.181 e. The summed E-state index contributed by atoms with van der Waals surface area (Å²) in [5, 5.41) is 14.3. The van der Waals surface area contributed by atoms with E-state index >= 15 is 0 Å². The van der Waals surface area contributed by atoms with Crippen LogP contribution in [0.3, 0.4) is 0 Å². The predicted octanol–water partition coefficient (Wildman–Crippen LogP) is 3.59. The summed E-state index contributed by atoms with van der Waals surface area (Å²) < 4.78 is 28.5. The Morgan fingerprint density at radius 3 is 2.50 bits per heavy atom. The largest absolute Gasteiger partial charge is 0.390 e. The highest BCUT2D eigenvalue weighted by Crippen LogP contribution is 2.31. The molecule has 0 amide bonds. The van der Waals surface area contributed by atoms with Crippen LogP contribution in [0.4, 0.5) is 14.6 Å². The highest BCUT2D eigenvalue weighted by atomic mass is 19.1. The predicted molar refractivity (Wildman–Crippen MR) is 134 cm³/mol. The fourth-order valence-electron chi connectivity index (χ4n) is 4.48. The Labute approximate surface area is 208 Å². The van der Waals surface area contributed by atoms with Crippen LogP contribution in [0.25, 0.3) is 22.3 Å². The van der Waals surface area contributed by atoms with Crippen LogP contribution < -0.4 is 4.90 Å². The van der Waals surface area contributed by atoms with E-state index in [9.17, 15) is 13.9 Å². The maximum atomic E-state index is 14.1. The molecule has 0 bridgehead atoms. The third-order valence-electron chi connectivity index (χ3n) is 6.26. The third-order valence-corrected chi connectivity index (χ3v) is 6.26. The minimum atomic E-state index is -0.901. The fourth-order valence-corrected chi connectivity index (χ4v) is 4.48. The number of aromatic nitrogens is 5. The van der Waals surface area contributed by atoms with Gasteiger partial charge in [0.05, 0.1) is 23.5 Å². The van der Waals surface area contributed by atoms with Crippen molar-refractivity contribution >= 4 is 16.9 Å². The number of piperazine rings is 1. The number of aliphatic hydroxyl groups is 1. The molecule has 188 valence electrons. The number of nitrogens with zero attached hydrogens (tertiary/aromatic N) is 7. The number of hydrogen-bond donors (Lipinski definition) is 1. The Bertz CT molecular complexity index is 1360. The lowest BCUT2D eigenvalue weighted by molar-refractivity contribution is 0.0800. The van der Waals surface area contributed by atoms with Crippen molar-refractivity contribution in [1.29, 1.82) is 0 Å². The normalized spacial score (nSPS) is 15.1. The van der Waals surface area contributed by atoms with Crippen LogP contribution in [-0.4, -0.2) is 66.5 Å². The van der Waals surface area contributed by atoms with E-state index in [1.807, 2.05) is 18.2 Å².